The van der Waals surface area contributed by atoms with Gasteiger partial charge >= 0.3 is 0 Å². The van der Waals surface area contributed by atoms with Crippen molar-refractivity contribution in [1.82, 2.24) is 14.9 Å². The van der Waals surface area contributed by atoms with Gasteiger partial charge in [-0.15, -0.1) is 11.3 Å². The topological polar surface area (TPSA) is 73.2 Å². The van der Waals surface area contributed by atoms with E-state index in [1.807, 2.05) is 66.1 Å². The lowest BCUT2D eigenvalue weighted by molar-refractivity contribution is 0.0954. The Morgan fingerprint density at radius 2 is 1.71 bits per heavy atom. The summed E-state index contributed by atoms with van der Waals surface area (Å²) in [5.74, 6) is 0.682. The molecule has 1 aliphatic heterocycles. The molecule has 7 heteroatoms. The molecule has 35 heavy (non-hydrogen) atoms. The average Bonchev–Trinajstić information content (AvgIpc) is 3.04. The first-order chi connectivity index (χ1) is 17.1. The number of aromatic nitrogens is 2. The molecule has 0 saturated heterocycles. The third kappa shape index (κ3) is 5.21. The molecule has 2 aromatic heterocycles. The lowest BCUT2D eigenvalue weighted by Gasteiger charge is -2.08. The van der Waals surface area contributed by atoms with Crippen LogP contribution in [-0.4, -0.2) is 15.5 Å². The number of nitrogens with one attached hydrogen (secondary N) is 1. The summed E-state index contributed by atoms with van der Waals surface area (Å²) in [4.78, 5) is 32.1. The number of thiophene rings is 1. The zero-order valence-electron chi connectivity index (χ0n) is 19.9. The first-order valence-electron chi connectivity index (χ1n) is 12.1. The predicted molar refractivity (Wildman–Crippen MR) is 139 cm³/mol. The molecule has 4 aromatic rings. The van der Waals surface area contributed by atoms with Crippen LogP contribution < -0.4 is 10.9 Å². The standard InChI is InChI=1S/C28H29N3O3S/c1-19-24-27(30-23-10-6-3-7-15-31(23)28(24)33)35-25(19)26(32)29-16-20-11-13-22(14-12-20)18-34-17-21-8-4-2-5-9-21/h2,4-5,8-9,11-14H,3,6-7,10,15-18H2,1H3,(H,29,32). The smallest absolute Gasteiger partial charge is 0.262 e. The Bertz CT molecular complexity index is 1390. The summed E-state index contributed by atoms with van der Waals surface area (Å²) in [7, 11) is 0. The number of aryl methyl sites for hydroxylation is 2. The van der Waals surface area contributed by atoms with Gasteiger partial charge in [0.05, 0.1) is 23.5 Å². The van der Waals surface area contributed by atoms with E-state index >= 15 is 0 Å². The predicted octanol–water partition coefficient (Wildman–Crippen LogP) is 5.14. The number of hydrogen-bond acceptors (Lipinski definition) is 5. The average molecular weight is 488 g/mol. The highest BCUT2D eigenvalue weighted by Crippen LogP contribution is 2.28. The van der Waals surface area contributed by atoms with Crippen molar-refractivity contribution in [1.29, 1.82) is 0 Å². The van der Waals surface area contributed by atoms with Crippen LogP contribution in [0.1, 0.15) is 57.0 Å². The van der Waals surface area contributed by atoms with Gasteiger partial charge in [0.1, 0.15) is 10.7 Å². The second kappa shape index (κ2) is 10.5. The Labute approximate surface area is 208 Å². The fourth-order valence-electron chi connectivity index (χ4n) is 4.50. The van der Waals surface area contributed by atoms with Crippen LogP contribution in [0.5, 0.6) is 0 Å². The summed E-state index contributed by atoms with van der Waals surface area (Å²) in [6, 6.07) is 18.2. The quantitative estimate of drug-likeness (QED) is 0.392. The second-order valence-corrected chi connectivity index (χ2v) is 10.0. The van der Waals surface area contributed by atoms with E-state index in [-0.39, 0.29) is 11.5 Å². The van der Waals surface area contributed by atoms with Crippen molar-refractivity contribution in [3.8, 4) is 0 Å². The number of nitrogens with zero attached hydrogens (tertiary/aromatic N) is 2. The van der Waals surface area contributed by atoms with Crippen LogP contribution >= 0.6 is 11.3 Å². The molecule has 0 bridgehead atoms. The molecule has 5 rings (SSSR count). The number of carbonyl (C=O) groups excluding carboxylic acids is 1. The second-order valence-electron chi connectivity index (χ2n) is 9.01. The minimum atomic E-state index is -0.166. The highest BCUT2D eigenvalue weighted by molar-refractivity contribution is 7.20. The van der Waals surface area contributed by atoms with Gasteiger partial charge < -0.3 is 10.1 Å². The third-order valence-electron chi connectivity index (χ3n) is 6.47. The van der Waals surface area contributed by atoms with Crippen LogP contribution in [0.25, 0.3) is 10.2 Å². The maximum absolute atomic E-state index is 13.1. The number of fused-ring (bicyclic) bond motifs is 2. The molecule has 6 nitrogen and oxygen atoms in total. The van der Waals surface area contributed by atoms with Gasteiger partial charge in [0.15, 0.2) is 0 Å². The first kappa shape index (κ1) is 23.5. The summed E-state index contributed by atoms with van der Waals surface area (Å²) < 4.78 is 7.60. The number of rotatable bonds is 7. The minimum Gasteiger partial charge on any atom is -0.372 e. The first-order valence-corrected chi connectivity index (χ1v) is 12.9. The van der Waals surface area contributed by atoms with Crippen LogP contribution in [0.15, 0.2) is 59.4 Å². The molecular weight excluding hydrogens is 458 g/mol. The molecule has 3 heterocycles. The molecule has 1 N–H and O–H groups in total. The van der Waals surface area contributed by atoms with Crippen LogP contribution in [-0.2, 0) is 37.5 Å². The maximum Gasteiger partial charge on any atom is 0.262 e. The van der Waals surface area contributed by atoms with E-state index < -0.39 is 0 Å². The number of amides is 1. The Balaban J connectivity index is 1.22. The number of hydrogen-bond donors (Lipinski definition) is 1. The van der Waals surface area contributed by atoms with Gasteiger partial charge in [0, 0.05) is 19.5 Å². The Morgan fingerprint density at radius 1 is 1.00 bits per heavy atom. The van der Waals surface area contributed by atoms with Crippen LogP contribution in [0.2, 0.25) is 0 Å². The van der Waals surface area contributed by atoms with Crippen molar-refractivity contribution < 1.29 is 9.53 Å². The lowest BCUT2D eigenvalue weighted by atomic mass is 10.1. The van der Waals surface area contributed by atoms with Gasteiger partial charge in [-0.3, -0.25) is 14.2 Å². The summed E-state index contributed by atoms with van der Waals surface area (Å²) in [5, 5.41) is 3.59. The third-order valence-corrected chi connectivity index (χ3v) is 7.66. The van der Waals surface area contributed by atoms with E-state index in [4.69, 9.17) is 9.72 Å². The fourth-order valence-corrected chi connectivity index (χ4v) is 5.61. The molecule has 0 aliphatic carbocycles. The Hall–Kier alpha value is -3.29. The highest BCUT2D eigenvalue weighted by Gasteiger charge is 2.22. The highest BCUT2D eigenvalue weighted by atomic mass is 32.1. The molecule has 1 amide bonds. The normalized spacial score (nSPS) is 13.4. The van der Waals surface area contributed by atoms with E-state index in [1.54, 1.807) is 0 Å². The summed E-state index contributed by atoms with van der Waals surface area (Å²) in [5.41, 5.74) is 3.96. The van der Waals surface area contributed by atoms with Gasteiger partial charge in [-0.1, -0.05) is 61.0 Å². The van der Waals surface area contributed by atoms with Gasteiger partial charge in [0.2, 0.25) is 0 Å². The molecule has 1 aliphatic rings. The monoisotopic (exact) mass is 487 g/mol. The van der Waals surface area contributed by atoms with Gasteiger partial charge in [0.25, 0.3) is 11.5 Å². The molecule has 0 unspecified atom stereocenters. The molecule has 0 radical (unpaired) electrons. The minimum absolute atomic E-state index is 0.00947. The van der Waals surface area contributed by atoms with Crippen molar-refractivity contribution in [2.45, 2.75) is 58.9 Å². The molecule has 0 saturated carbocycles. The number of benzene rings is 2. The number of ether oxygens (including phenoxy) is 1. The molecule has 2 aromatic carbocycles. The summed E-state index contributed by atoms with van der Waals surface area (Å²) in [6.07, 6.45) is 3.98. The summed E-state index contributed by atoms with van der Waals surface area (Å²) in [6.45, 7) is 4.09. The van der Waals surface area contributed by atoms with E-state index in [0.29, 0.717) is 41.4 Å². The van der Waals surface area contributed by atoms with E-state index in [1.165, 1.54) is 11.3 Å². The Kier molecular flexibility index (Phi) is 7.06. The van der Waals surface area contributed by atoms with E-state index in [2.05, 4.69) is 5.32 Å². The molecule has 0 spiro atoms. The molecule has 180 valence electrons. The van der Waals surface area contributed by atoms with Gasteiger partial charge in [-0.25, -0.2) is 4.98 Å². The van der Waals surface area contributed by atoms with Crippen LogP contribution in [0, 0.1) is 6.92 Å². The van der Waals surface area contributed by atoms with Crippen molar-refractivity contribution >= 4 is 27.5 Å². The van der Waals surface area contributed by atoms with Crippen molar-refractivity contribution in [3.05, 3.63) is 97.9 Å². The Morgan fingerprint density at radius 3 is 2.49 bits per heavy atom. The SMILES string of the molecule is Cc1c(C(=O)NCc2ccc(COCc3ccccc3)cc2)sc2nc3n(c(=O)c12)CCCCC3. The van der Waals surface area contributed by atoms with Crippen molar-refractivity contribution in [2.75, 3.05) is 0 Å². The van der Waals surface area contributed by atoms with Gasteiger partial charge in [-0.2, -0.15) is 0 Å². The molecular formula is C28H29N3O3S. The zero-order valence-corrected chi connectivity index (χ0v) is 20.7. The van der Waals surface area contributed by atoms with Crippen LogP contribution in [0.4, 0.5) is 0 Å². The fraction of sp³-hybridized carbons (Fsp3) is 0.321. The van der Waals surface area contributed by atoms with Crippen molar-refractivity contribution in [2.24, 2.45) is 0 Å². The van der Waals surface area contributed by atoms with Crippen molar-refractivity contribution in [3.63, 3.8) is 0 Å². The lowest BCUT2D eigenvalue weighted by Crippen LogP contribution is -2.25. The van der Waals surface area contributed by atoms with E-state index in [9.17, 15) is 9.59 Å². The number of carbonyl (C=O) groups is 1. The van der Waals surface area contributed by atoms with E-state index in [0.717, 1.165) is 53.8 Å². The van der Waals surface area contributed by atoms with Crippen LogP contribution in [0.3, 0.4) is 0 Å². The molecule has 0 atom stereocenters. The largest absolute Gasteiger partial charge is 0.372 e. The molecule has 0 fully saturated rings. The summed E-state index contributed by atoms with van der Waals surface area (Å²) >= 11 is 1.32. The van der Waals surface area contributed by atoms with Gasteiger partial charge in [-0.05, 0) is 42.0 Å². The zero-order chi connectivity index (χ0) is 24.2. The maximum atomic E-state index is 13.1.